The van der Waals surface area contributed by atoms with Gasteiger partial charge in [0.25, 0.3) is 0 Å². The smallest absolute Gasteiger partial charge is 0.167 e. The van der Waals surface area contributed by atoms with Gasteiger partial charge >= 0.3 is 0 Å². The van der Waals surface area contributed by atoms with Crippen molar-refractivity contribution in [3.63, 3.8) is 0 Å². The van der Waals surface area contributed by atoms with E-state index in [-0.39, 0.29) is 0 Å². The van der Waals surface area contributed by atoms with Gasteiger partial charge in [0, 0.05) is 0 Å². The molecule has 2 N–H and O–H groups in total. The molecule has 2 atom stereocenters. The van der Waals surface area contributed by atoms with Crippen LogP contribution in [0.4, 0.5) is 0 Å². The molecule has 72 valence electrons. The van der Waals surface area contributed by atoms with E-state index in [0.717, 1.165) is 30.5 Å². The highest BCUT2D eigenvalue weighted by Gasteiger charge is 2.22. The van der Waals surface area contributed by atoms with Crippen molar-refractivity contribution in [3.8, 4) is 0 Å². The Morgan fingerprint density at radius 2 is 2.31 bits per heavy atom. The number of nitrogens with zero attached hydrogens (tertiary/aromatic N) is 2. The molecule has 0 bridgehead atoms. The summed E-state index contributed by atoms with van der Waals surface area (Å²) in [5.41, 5.74) is 0. The van der Waals surface area contributed by atoms with Crippen molar-refractivity contribution in [3.05, 3.63) is 11.6 Å². The summed E-state index contributed by atoms with van der Waals surface area (Å²) < 4.78 is 0. The third-order valence-corrected chi connectivity index (χ3v) is 2.59. The molecule has 13 heavy (non-hydrogen) atoms. The van der Waals surface area contributed by atoms with E-state index in [1.807, 2.05) is 6.92 Å². The van der Waals surface area contributed by atoms with Crippen LogP contribution in [0.3, 0.4) is 0 Å². The van der Waals surface area contributed by atoms with Gasteiger partial charge in [0.05, 0.1) is 6.04 Å². The third kappa shape index (κ3) is 1.88. The second kappa shape index (κ2) is 3.46. The molecular formula is C9H16N4. The fourth-order valence-corrected chi connectivity index (χ4v) is 1.82. The summed E-state index contributed by atoms with van der Waals surface area (Å²) in [4.78, 5) is 4.34. The van der Waals surface area contributed by atoms with E-state index >= 15 is 0 Å². The highest BCUT2D eigenvalue weighted by atomic mass is 15.2. The molecule has 0 amide bonds. The maximum Gasteiger partial charge on any atom is 0.167 e. The van der Waals surface area contributed by atoms with Gasteiger partial charge in [-0.25, -0.2) is 4.98 Å². The van der Waals surface area contributed by atoms with Crippen LogP contribution in [-0.4, -0.2) is 21.7 Å². The molecule has 4 heteroatoms. The van der Waals surface area contributed by atoms with Gasteiger partial charge in [-0.1, -0.05) is 6.92 Å². The maximum absolute atomic E-state index is 4.34. The summed E-state index contributed by atoms with van der Waals surface area (Å²) in [6.45, 7) is 5.30. The van der Waals surface area contributed by atoms with Gasteiger partial charge in [-0.05, 0) is 32.2 Å². The molecule has 1 aromatic rings. The Morgan fingerprint density at radius 3 is 2.92 bits per heavy atom. The number of hydrogen-bond donors (Lipinski definition) is 2. The Bertz CT molecular complexity index is 281. The SMILES string of the molecule is Cc1nc(C2CC(C)CCN2)n[nH]1. The van der Waals surface area contributed by atoms with Crippen molar-refractivity contribution in [1.29, 1.82) is 0 Å². The van der Waals surface area contributed by atoms with Crippen LogP contribution in [0.2, 0.25) is 0 Å². The molecule has 2 unspecified atom stereocenters. The number of H-pyrrole nitrogens is 1. The Kier molecular flexibility index (Phi) is 2.31. The number of piperidine rings is 1. The predicted molar refractivity (Wildman–Crippen MR) is 50.3 cm³/mol. The molecule has 0 saturated carbocycles. The number of nitrogens with one attached hydrogen (secondary N) is 2. The third-order valence-electron chi connectivity index (χ3n) is 2.59. The molecule has 1 aromatic heterocycles. The van der Waals surface area contributed by atoms with Crippen LogP contribution in [0.15, 0.2) is 0 Å². The molecule has 0 aliphatic carbocycles. The monoisotopic (exact) mass is 180 g/mol. The molecule has 1 aliphatic rings. The molecule has 4 nitrogen and oxygen atoms in total. The molecule has 0 radical (unpaired) electrons. The lowest BCUT2D eigenvalue weighted by molar-refractivity contribution is 0.316. The average molecular weight is 180 g/mol. The van der Waals surface area contributed by atoms with Crippen molar-refractivity contribution >= 4 is 0 Å². The zero-order valence-electron chi connectivity index (χ0n) is 8.17. The number of aryl methyl sites for hydroxylation is 1. The van der Waals surface area contributed by atoms with E-state index in [2.05, 4.69) is 27.4 Å². The van der Waals surface area contributed by atoms with Gasteiger partial charge in [-0.2, -0.15) is 5.10 Å². The summed E-state index contributed by atoms with van der Waals surface area (Å²) in [5.74, 6) is 2.60. The van der Waals surface area contributed by atoms with Crippen LogP contribution in [0.25, 0.3) is 0 Å². The predicted octanol–water partition coefficient (Wildman–Crippen LogP) is 1.17. The molecule has 1 aliphatic heterocycles. The molecular weight excluding hydrogens is 164 g/mol. The molecule has 2 rings (SSSR count). The summed E-state index contributed by atoms with van der Waals surface area (Å²) in [5, 5.41) is 10.5. The van der Waals surface area contributed by atoms with E-state index in [4.69, 9.17) is 0 Å². The minimum absolute atomic E-state index is 0.355. The first-order valence-electron chi connectivity index (χ1n) is 4.88. The van der Waals surface area contributed by atoms with Crippen LogP contribution in [-0.2, 0) is 0 Å². The zero-order chi connectivity index (χ0) is 9.26. The molecule has 1 saturated heterocycles. The van der Waals surface area contributed by atoms with E-state index in [1.54, 1.807) is 0 Å². The number of rotatable bonds is 1. The van der Waals surface area contributed by atoms with Crippen molar-refractivity contribution < 1.29 is 0 Å². The highest BCUT2D eigenvalue weighted by Crippen LogP contribution is 2.24. The molecule has 1 fully saturated rings. The molecule has 2 heterocycles. The number of aromatic nitrogens is 3. The normalized spacial score (nSPS) is 29.1. The summed E-state index contributed by atoms with van der Waals surface area (Å²) in [6.07, 6.45) is 2.41. The van der Waals surface area contributed by atoms with Crippen LogP contribution in [0, 0.1) is 12.8 Å². The quantitative estimate of drug-likeness (QED) is 0.682. The summed E-state index contributed by atoms with van der Waals surface area (Å²) in [7, 11) is 0. The van der Waals surface area contributed by atoms with Gasteiger partial charge in [0.1, 0.15) is 5.82 Å². The minimum atomic E-state index is 0.355. The van der Waals surface area contributed by atoms with Crippen molar-refractivity contribution in [2.75, 3.05) is 6.54 Å². The first kappa shape index (κ1) is 8.69. The van der Waals surface area contributed by atoms with Crippen LogP contribution < -0.4 is 5.32 Å². The summed E-state index contributed by atoms with van der Waals surface area (Å²) >= 11 is 0. The van der Waals surface area contributed by atoms with Crippen LogP contribution in [0.1, 0.15) is 37.5 Å². The van der Waals surface area contributed by atoms with Gasteiger partial charge in [0.2, 0.25) is 0 Å². The van der Waals surface area contributed by atoms with Crippen molar-refractivity contribution in [2.24, 2.45) is 5.92 Å². The fraction of sp³-hybridized carbons (Fsp3) is 0.778. The van der Waals surface area contributed by atoms with Crippen LogP contribution in [0.5, 0.6) is 0 Å². The van der Waals surface area contributed by atoms with Gasteiger partial charge in [0.15, 0.2) is 5.82 Å². The topological polar surface area (TPSA) is 53.6 Å². The lowest BCUT2D eigenvalue weighted by Crippen LogP contribution is -2.31. The Hall–Kier alpha value is -0.900. The second-order valence-corrected chi connectivity index (χ2v) is 3.92. The van der Waals surface area contributed by atoms with E-state index < -0.39 is 0 Å². The van der Waals surface area contributed by atoms with Crippen LogP contribution >= 0.6 is 0 Å². The highest BCUT2D eigenvalue weighted by molar-refractivity contribution is 4.97. The number of aromatic amines is 1. The Balaban J connectivity index is 2.08. The first-order valence-corrected chi connectivity index (χ1v) is 4.88. The molecule has 0 aromatic carbocycles. The maximum atomic E-state index is 4.34. The fourth-order valence-electron chi connectivity index (χ4n) is 1.82. The minimum Gasteiger partial charge on any atom is -0.307 e. The largest absolute Gasteiger partial charge is 0.307 e. The first-order chi connectivity index (χ1) is 6.25. The standard InChI is InChI=1S/C9H16N4/c1-6-3-4-10-8(5-6)9-11-7(2)12-13-9/h6,8,10H,3-5H2,1-2H3,(H,11,12,13). The van der Waals surface area contributed by atoms with E-state index in [0.29, 0.717) is 6.04 Å². The number of hydrogen-bond acceptors (Lipinski definition) is 3. The second-order valence-electron chi connectivity index (χ2n) is 3.92. The van der Waals surface area contributed by atoms with E-state index in [1.165, 1.54) is 6.42 Å². The Labute approximate surface area is 78.1 Å². The lowest BCUT2D eigenvalue weighted by atomic mass is 9.94. The summed E-state index contributed by atoms with van der Waals surface area (Å²) in [6, 6.07) is 0.355. The average Bonchev–Trinajstić information content (AvgIpc) is 2.52. The van der Waals surface area contributed by atoms with Gasteiger partial charge < -0.3 is 5.32 Å². The Morgan fingerprint density at radius 1 is 1.46 bits per heavy atom. The van der Waals surface area contributed by atoms with Gasteiger partial charge in [-0.15, -0.1) is 0 Å². The molecule has 0 spiro atoms. The van der Waals surface area contributed by atoms with E-state index in [9.17, 15) is 0 Å². The van der Waals surface area contributed by atoms with Crippen molar-refractivity contribution in [1.82, 2.24) is 20.5 Å². The van der Waals surface area contributed by atoms with Crippen molar-refractivity contribution in [2.45, 2.75) is 32.7 Å². The zero-order valence-corrected chi connectivity index (χ0v) is 8.17. The lowest BCUT2D eigenvalue weighted by Gasteiger charge is -2.25. The van der Waals surface area contributed by atoms with Gasteiger partial charge in [-0.3, -0.25) is 5.10 Å².